The van der Waals surface area contributed by atoms with Crippen molar-refractivity contribution in [3.63, 3.8) is 0 Å². The molecule has 0 spiro atoms. The van der Waals surface area contributed by atoms with Gasteiger partial charge in [-0.05, 0) is 44.2 Å². The van der Waals surface area contributed by atoms with Crippen molar-refractivity contribution in [2.24, 2.45) is 11.8 Å². The van der Waals surface area contributed by atoms with Gasteiger partial charge in [0.1, 0.15) is 0 Å². The molecule has 1 N–H and O–H groups in total. The molecule has 0 amide bonds. The molecule has 0 aliphatic heterocycles. The zero-order valence-electron chi connectivity index (χ0n) is 11.0. The van der Waals surface area contributed by atoms with Gasteiger partial charge in [0.05, 0.1) is 0 Å². The van der Waals surface area contributed by atoms with E-state index >= 15 is 0 Å². The van der Waals surface area contributed by atoms with Gasteiger partial charge < -0.3 is 5.32 Å². The third-order valence-electron chi connectivity index (χ3n) is 3.77. The molecule has 1 aliphatic rings. The van der Waals surface area contributed by atoms with Crippen LogP contribution in [0.4, 0.5) is 0 Å². The van der Waals surface area contributed by atoms with Crippen LogP contribution in [0.15, 0.2) is 0 Å². The molecule has 1 rings (SSSR count). The van der Waals surface area contributed by atoms with Crippen LogP contribution in [0.1, 0.15) is 46.0 Å². The highest BCUT2D eigenvalue weighted by Gasteiger charge is 2.18. The standard InChI is InChI=1S/C13H27NOS/c1-11-5-4-6-13(9-11)10-14-8-7-12(2)16(3)15/h11-14H,4-10H2,1-3H3. The van der Waals surface area contributed by atoms with Crippen molar-refractivity contribution in [3.05, 3.63) is 0 Å². The van der Waals surface area contributed by atoms with Crippen LogP contribution in [0.3, 0.4) is 0 Å². The molecule has 1 saturated carbocycles. The van der Waals surface area contributed by atoms with E-state index in [9.17, 15) is 4.21 Å². The largest absolute Gasteiger partial charge is 0.316 e. The fourth-order valence-corrected chi connectivity index (χ4v) is 2.97. The Hall–Kier alpha value is 0.110. The van der Waals surface area contributed by atoms with Crippen molar-refractivity contribution in [2.75, 3.05) is 19.3 Å². The quantitative estimate of drug-likeness (QED) is 0.729. The van der Waals surface area contributed by atoms with Gasteiger partial charge in [-0.3, -0.25) is 4.21 Å². The first-order valence-electron chi connectivity index (χ1n) is 6.62. The minimum atomic E-state index is -0.664. The lowest BCUT2D eigenvalue weighted by atomic mass is 9.82. The van der Waals surface area contributed by atoms with E-state index in [-0.39, 0.29) is 0 Å². The van der Waals surface area contributed by atoms with Crippen molar-refractivity contribution in [3.8, 4) is 0 Å². The summed E-state index contributed by atoms with van der Waals surface area (Å²) in [6.45, 7) is 6.62. The third-order valence-corrected chi connectivity index (χ3v) is 5.14. The molecule has 1 aliphatic carbocycles. The van der Waals surface area contributed by atoms with E-state index in [4.69, 9.17) is 0 Å². The molecule has 0 bridgehead atoms. The highest BCUT2D eigenvalue weighted by atomic mass is 32.2. The van der Waals surface area contributed by atoms with Gasteiger partial charge in [0.2, 0.25) is 0 Å². The van der Waals surface area contributed by atoms with Crippen LogP contribution in [0.2, 0.25) is 0 Å². The van der Waals surface area contributed by atoms with Crippen LogP contribution in [0.5, 0.6) is 0 Å². The summed E-state index contributed by atoms with van der Waals surface area (Å²) in [5.41, 5.74) is 0. The zero-order chi connectivity index (χ0) is 12.0. The van der Waals surface area contributed by atoms with Gasteiger partial charge in [0.25, 0.3) is 0 Å². The summed E-state index contributed by atoms with van der Waals surface area (Å²) in [4.78, 5) is 0. The van der Waals surface area contributed by atoms with Gasteiger partial charge in [-0.25, -0.2) is 0 Å². The maximum absolute atomic E-state index is 11.2. The second-order valence-corrected chi connectivity index (χ2v) is 7.24. The predicted molar refractivity (Wildman–Crippen MR) is 72.1 cm³/mol. The fourth-order valence-electron chi connectivity index (χ4n) is 2.52. The van der Waals surface area contributed by atoms with E-state index in [1.165, 1.54) is 25.7 Å². The van der Waals surface area contributed by atoms with Crippen molar-refractivity contribution in [1.82, 2.24) is 5.32 Å². The van der Waals surface area contributed by atoms with E-state index in [1.54, 1.807) is 6.26 Å². The van der Waals surface area contributed by atoms with Crippen molar-refractivity contribution >= 4 is 10.8 Å². The molecule has 0 heterocycles. The van der Waals surface area contributed by atoms with Crippen LogP contribution >= 0.6 is 0 Å². The molecule has 2 nitrogen and oxygen atoms in total. The Bertz CT molecular complexity index is 220. The van der Waals surface area contributed by atoms with Crippen molar-refractivity contribution in [2.45, 2.75) is 51.2 Å². The van der Waals surface area contributed by atoms with Gasteiger partial charge in [-0.15, -0.1) is 0 Å². The van der Waals surface area contributed by atoms with Crippen LogP contribution in [0.25, 0.3) is 0 Å². The Balaban J connectivity index is 2.04. The third kappa shape index (κ3) is 5.44. The van der Waals surface area contributed by atoms with Gasteiger partial charge >= 0.3 is 0 Å². The van der Waals surface area contributed by atoms with Crippen molar-refractivity contribution in [1.29, 1.82) is 0 Å². The first-order valence-corrected chi connectivity index (χ1v) is 8.24. The van der Waals surface area contributed by atoms with E-state index in [0.29, 0.717) is 5.25 Å². The van der Waals surface area contributed by atoms with Gasteiger partial charge in [-0.2, -0.15) is 0 Å². The summed E-state index contributed by atoms with van der Waals surface area (Å²) in [6, 6.07) is 0. The molecule has 4 atom stereocenters. The first kappa shape index (κ1) is 14.2. The lowest BCUT2D eigenvalue weighted by Gasteiger charge is -2.27. The van der Waals surface area contributed by atoms with Gasteiger partial charge in [0, 0.05) is 22.3 Å². The molecular formula is C13H27NOS. The smallest absolute Gasteiger partial charge is 0.0329 e. The van der Waals surface area contributed by atoms with E-state index < -0.39 is 10.8 Å². The Morgan fingerprint density at radius 3 is 2.81 bits per heavy atom. The van der Waals surface area contributed by atoms with Gasteiger partial charge in [0.15, 0.2) is 0 Å². The Labute approximate surface area is 103 Å². The molecule has 0 radical (unpaired) electrons. The Morgan fingerprint density at radius 1 is 1.44 bits per heavy atom. The van der Waals surface area contributed by atoms with Gasteiger partial charge in [-0.1, -0.05) is 26.7 Å². The monoisotopic (exact) mass is 245 g/mol. The summed E-state index contributed by atoms with van der Waals surface area (Å²) in [6.07, 6.45) is 8.44. The van der Waals surface area contributed by atoms with E-state index in [2.05, 4.69) is 19.2 Å². The highest BCUT2D eigenvalue weighted by Crippen LogP contribution is 2.27. The molecule has 0 aromatic rings. The number of hydrogen-bond donors (Lipinski definition) is 1. The Morgan fingerprint density at radius 2 is 2.19 bits per heavy atom. The average molecular weight is 245 g/mol. The second kappa shape index (κ2) is 7.44. The molecule has 16 heavy (non-hydrogen) atoms. The normalized spacial score (nSPS) is 29.9. The lowest BCUT2D eigenvalue weighted by molar-refractivity contribution is 0.274. The minimum Gasteiger partial charge on any atom is -0.316 e. The van der Waals surface area contributed by atoms with Crippen LogP contribution < -0.4 is 5.32 Å². The molecule has 96 valence electrons. The summed E-state index contributed by atoms with van der Waals surface area (Å²) in [5, 5.41) is 3.86. The number of rotatable bonds is 6. The lowest BCUT2D eigenvalue weighted by Crippen LogP contribution is -2.29. The molecule has 0 aromatic heterocycles. The highest BCUT2D eigenvalue weighted by molar-refractivity contribution is 7.84. The maximum atomic E-state index is 11.2. The predicted octanol–water partition coefficient (Wildman–Crippen LogP) is 2.56. The minimum absolute atomic E-state index is 0.331. The topological polar surface area (TPSA) is 29.1 Å². The molecule has 0 saturated heterocycles. The molecule has 0 aromatic carbocycles. The summed E-state index contributed by atoms with van der Waals surface area (Å²) in [5.74, 6) is 1.80. The van der Waals surface area contributed by atoms with Crippen LogP contribution in [-0.4, -0.2) is 28.8 Å². The molecule has 1 fully saturated rings. The maximum Gasteiger partial charge on any atom is 0.0329 e. The molecule has 4 unspecified atom stereocenters. The van der Waals surface area contributed by atoms with E-state index in [1.807, 2.05) is 0 Å². The summed E-state index contributed by atoms with van der Waals surface area (Å²) in [7, 11) is -0.664. The number of nitrogens with one attached hydrogen (secondary N) is 1. The molecular weight excluding hydrogens is 218 g/mol. The fraction of sp³-hybridized carbons (Fsp3) is 1.00. The Kier molecular flexibility index (Phi) is 6.59. The molecule has 3 heteroatoms. The SMILES string of the molecule is CC1CCCC(CNCCC(C)S(C)=O)C1. The van der Waals surface area contributed by atoms with Crippen LogP contribution in [-0.2, 0) is 10.8 Å². The summed E-state index contributed by atoms with van der Waals surface area (Å²) >= 11 is 0. The number of hydrogen-bond acceptors (Lipinski definition) is 2. The summed E-state index contributed by atoms with van der Waals surface area (Å²) < 4.78 is 11.2. The van der Waals surface area contributed by atoms with Crippen LogP contribution in [0, 0.1) is 11.8 Å². The van der Waals surface area contributed by atoms with E-state index in [0.717, 1.165) is 31.3 Å². The second-order valence-electron chi connectivity index (χ2n) is 5.44. The first-order chi connectivity index (χ1) is 7.59. The van der Waals surface area contributed by atoms with Crippen molar-refractivity contribution < 1.29 is 4.21 Å². The average Bonchev–Trinajstić information content (AvgIpc) is 2.24. The zero-order valence-corrected chi connectivity index (χ0v) is 11.8.